The minimum absolute atomic E-state index is 0.196. The molecule has 100 valence electrons. The molecule has 0 N–H and O–H groups in total. The predicted octanol–water partition coefficient (Wildman–Crippen LogP) is 4.61. The van der Waals surface area contributed by atoms with Gasteiger partial charge in [0.05, 0.1) is 5.56 Å². The fourth-order valence-electron chi connectivity index (χ4n) is 1.35. The second kappa shape index (κ2) is 5.63. The fourth-order valence-corrected chi connectivity index (χ4v) is 5.53. The zero-order valence-corrected chi connectivity index (χ0v) is 14.9. The van der Waals surface area contributed by atoms with Crippen molar-refractivity contribution in [1.29, 1.82) is 0 Å². The van der Waals surface area contributed by atoms with Gasteiger partial charge in [-0.2, -0.15) is 11.2 Å². The molecule has 0 aliphatic heterocycles. The summed E-state index contributed by atoms with van der Waals surface area (Å²) in [5, 5.41) is 0. The number of rotatable bonds is 4. The van der Waals surface area contributed by atoms with E-state index < -0.39 is 15.5 Å². The van der Waals surface area contributed by atoms with Crippen LogP contribution in [0, 0.1) is 0 Å². The third-order valence-electron chi connectivity index (χ3n) is 1.91. The van der Waals surface area contributed by atoms with Gasteiger partial charge in [-0.1, -0.05) is 19.6 Å². The van der Waals surface area contributed by atoms with Gasteiger partial charge in [0.25, 0.3) is 0 Å². The SMILES string of the molecule is C[Si](C)(C)OC(=O)c1ccc(S[Si](C)(C)C)cc1. The highest BCUT2D eigenvalue weighted by Gasteiger charge is 2.21. The molecular formula is C13H22O2SSi2. The van der Waals surface area contributed by atoms with E-state index in [0.717, 1.165) is 0 Å². The molecule has 0 fully saturated rings. The largest absolute Gasteiger partial charge is 0.516 e. The summed E-state index contributed by atoms with van der Waals surface area (Å²) in [7, 11) is -2.98. The average Bonchev–Trinajstić information content (AvgIpc) is 2.13. The van der Waals surface area contributed by atoms with Crippen LogP contribution in [0.5, 0.6) is 0 Å². The van der Waals surface area contributed by atoms with Crippen molar-refractivity contribution < 1.29 is 9.22 Å². The lowest BCUT2D eigenvalue weighted by Crippen LogP contribution is -2.29. The van der Waals surface area contributed by atoms with Gasteiger partial charge < -0.3 is 4.43 Å². The van der Waals surface area contributed by atoms with Crippen molar-refractivity contribution in [2.24, 2.45) is 0 Å². The zero-order valence-electron chi connectivity index (χ0n) is 12.0. The van der Waals surface area contributed by atoms with Crippen LogP contribution in [0.15, 0.2) is 29.2 Å². The second-order valence-corrected chi connectivity index (χ2v) is 19.9. The molecule has 0 heterocycles. The Morgan fingerprint density at radius 3 is 1.89 bits per heavy atom. The Kier molecular flexibility index (Phi) is 4.86. The molecule has 0 radical (unpaired) electrons. The number of hydrogen-bond acceptors (Lipinski definition) is 3. The standard InChI is InChI=1S/C13H22O2SSi2/c1-17(2,3)15-13(14)11-7-9-12(10-8-11)16-18(4,5)6/h7-10H,1-6H3. The lowest BCUT2D eigenvalue weighted by Gasteiger charge is -2.18. The van der Waals surface area contributed by atoms with Gasteiger partial charge >= 0.3 is 5.97 Å². The molecule has 2 nitrogen and oxygen atoms in total. The highest BCUT2D eigenvalue weighted by molar-refractivity contribution is 8.28. The van der Waals surface area contributed by atoms with E-state index >= 15 is 0 Å². The molecule has 0 saturated carbocycles. The van der Waals surface area contributed by atoms with E-state index in [1.807, 2.05) is 55.1 Å². The molecule has 0 unspecified atom stereocenters. The summed E-state index contributed by atoms with van der Waals surface area (Å²) in [4.78, 5) is 13.1. The van der Waals surface area contributed by atoms with Crippen LogP contribution in [-0.2, 0) is 4.43 Å². The third-order valence-corrected chi connectivity index (χ3v) is 6.38. The summed E-state index contributed by atoms with van der Waals surface area (Å²) in [5.41, 5.74) is 0.650. The molecule has 0 atom stereocenters. The zero-order chi connectivity index (χ0) is 14.0. The summed E-state index contributed by atoms with van der Waals surface area (Å²) in [6.07, 6.45) is 0. The van der Waals surface area contributed by atoms with Gasteiger partial charge in [-0.25, -0.2) is 4.79 Å². The Labute approximate surface area is 116 Å². The molecule has 0 aliphatic rings. The van der Waals surface area contributed by atoms with Crippen LogP contribution in [0.1, 0.15) is 10.4 Å². The van der Waals surface area contributed by atoms with E-state index in [9.17, 15) is 4.79 Å². The summed E-state index contributed by atoms with van der Waals surface area (Å²) < 4.78 is 5.47. The first-order valence-corrected chi connectivity index (χ1v) is 14.5. The lowest BCUT2D eigenvalue weighted by molar-refractivity contribution is 0.0724. The van der Waals surface area contributed by atoms with Crippen LogP contribution in [0.4, 0.5) is 0 Å². The van der Waals surface area contributed by atoms with E-state index in [2.05, 4.69) is 19.6 Å². The molecule has 1 aromatic carbocycles. The van der Waals surface area contributed by atoms with Crippen molar-refractivity contribution in [1.82, 2.24) is 0 Å². The average molecular weight is 299 g/mol. The molecule has 18 heavy (non-hydrogen) atoms. The normalized spacial score (nSPS) is 12.3. The van der Waals surface area contributed by atoms with E-state index in [1.54, 1.807) is 0 Å². The van der Waals surface area contributed by atoms with Crippen molar-refractivity contribution in [2.75, 3.05) is 0 Å². The summed E-state index contributed by atoms with van der Waals surface area (Å²) >= 11 is 1.93. The highest BCUT2D eigenvalue weighted by atomic mass is 32.4. The molecule has 5 heteroatoms. The predicted molar refractivity (Wildman–Crippen MR) is 84.4 cm³/mol. The maximum atomic E-state index is 11.9. The molecule has 1 aromatic rings. The lowest BCUT2D eigenvalue weighted by atomic mass is 10.2. The number of benzene rings is 1. The Morgan fingerprint density at radius 2 is 1.50 bits per heavy atom. The number of hydrogen-bond donors (Lipinski definition) is 0. The minimum atomic E-state index is -1.80. The van der Waals surface area contributed by atoms with Gasteiger partial charge in [0.15, 0.2) is 0 Å². The molecule has 0 saturated heterocycles. The maximum Gasteiger partial charge on any atom is 0.324 e. The Bertz CT molecular complexity index is 416. The van der Waals surface area contributed by atoms with Crippen molar-refractivity contribution in [2.45, 2.75) is 44.2 Å². The first-order chi connectivity index (χ1) is 8.07. The molecule has 1 rings (SSSR count). The smallest absolute Gasteiger partial charge is 0.324 e. The number of carbonyl (C=O) groups is 1. The van der Waals surface area contributed by atoms with E-state index in [1.165, 1.54) is 4.90 Å². The van der Waals surface area contributed by atoms with Gasteiger partial charge in [0.2, 0.25) is 8.32 Å². The van der Waals surface area contributed by atoms with Crippen molar-refractivity contribution in [3.8, 4) is 0 Å². The molecule has 0 aromatic heterocycles. The monoisotopic (exact) mass is 298 g/mol. The summed E-state index contributed by atoms with van der Waals surface area (Å²) in [5.74, 6) is -0.196. The Morgan fingerprint density at radius 1 is 1.00 bits per heavy atom. The topological polar surface area (TPSA) is 26.3 Å². The first-order valence-electron chi connectivity index (χ1n) is 6.09. The van der Waals surface area contributed by atoms with Crippen molar-refractivity contribution >= 4 is 32.7 Å². The maximum absolute atomic E-state index is 11.9. The third kappa shape index (κ3) is 5.88. The van der Waals surface area contributed by atoms with Crippen molar-refractivity contribution in [3.63, 3.8) is 0 Å². The molecule has 0 aliphatic carbocycles. The van der Waals surface area contributed by atoms with Crippen LogP contribution in [-0.4, -0.2) is 21.5 Å². The van der Waals surface area contributed by atoms with E-state index in [4.69, 9.17) is 4.43 Å². The van der Waals surface area contributed by atoms with Gasteiger partial charge in [-0.3, -0.25) is 0 Å². The fraction of sp³-hybridized carbons (Fsp3) is 0.462. The Balaban J connectivity index is 2.74. The molecule has 0 spiro atoms. The molecule has 0 bridgehead atoms. The van der Waals surface area contributed by atoms with Gasteiger partial charge in [0, 0.05) is 4.90 Å². The van der Waals surface area contributed by atoms with Crippen LogP contribution in [0.2, 0.25) is 39.3 Å². The van der Waals surface area contributed by atoms with Gasteiger partial charge in [-0.05, 0) is 43.9 Å². The second-order valence-electron chi connectivity index (χ2n) is 6.24. The van der Waals surface area contributed by atoms with E-state index in [0.29, 0.717) is 5.56 Å². The van der Waals surface area contributed by atoms with Gasteiger partial charge in [-0.15, -0.1) is 0 Å². The van der Waals surface area contributed by atoms with Crippen LogP contribution in [0.25, 0.3) is 0 Å². The van der Waals surface area contributed by atoms with Crippen LogP contribution in [0.3, 0.4) is 0 Å². The molecule has 0 amide bonds. The van der Waals surface area contributed by atoms with Crippen LogP contribution >= 0.6 is 11.2 Å². The minimum Gasteiger partial charge on any atom is -0.516 e. The number of carbonyl (C=O) groups excluding carboxylic acids is 1. The van der Waals surface area contributed by atoms with Crippen molar-refractivity contribution in [3.05, 3.63) is 29.8 Å². The highest BCUT2D eigenvalue weighted by Crippen LogP contribution is 2.29. The van der Waals surface area contributed by atoms with Crippen LogP contribution < -0.4 is 0 Å². The van der Waals surface area contributed by atoms with Gasteiger partial charge in [0.1, 0.15) is 7.22 Å². The van der Waals surface area contributed by atoms with E-state index in [-0.39, 0.29) is 5.97 Å². The summed E-state index contributed by atoms with van der Waals surface area (Å²) in [6.45, 7) is 13.0. The quantitative estimate of drug-likeness (QED) is 0.760. The summed E-state index contributed by atoms with van der Waals surface area (Å²) in [6, 6.07) is 7.77. The first kappa shape index (κ1) is 15.5. The Hall–Kier alpha value is -0.526. The molecular weight excluding hydrogens is 276 g/mol.